The number of hydrogen-bond donors (Lipinski definition) is 0. The van der Waals surface area contributed by atoms with Gasteiger partial charge in [-0.2, -0.15) is 5.10 Å². The quantitative estimate of drug-likeness (QED) is 0.788. The maximum absolute atomic E-state index is 14.0. The van der Waals surface area contributed by atoms with Crippen molar-refractivity contribution in [2.75, 3.05) is 33.2 Å². The van der Waals surface area contributed by atoms with Crippen LogP contribution in [0.5, 0.6) is 0 Å². The van der Waals surface area contributed by atoms with Gasteiger partial charge in [-0.1, -0.05) is 17.7 Å². The second kappa shape index (κ2) is 8.25. The average molecular weight is 366 g/mol. The Morgan fingerprint density at radius 1 is 1.24 bits per heavy atom. The van der Waals surface area contributed by atoms with Crippen molar-refractivity contribution in [1.29, 1.82) is 0 Å². The van der Waals surface area contributed by atoms with Crippen molar-refractivity contribution < 1.29 is 4.39 Å². The van der Waals surface area contributed by atoms with Crippen molar-refractivity contribution in [3.63, 3.8) is 0 Å². The third-order valence-electron chi connectivity index (χ3n) is 5.01. The Hall–Kier alpha value is -1.50. The standard InChI is InChI=1S/C18H25ClFN5/c1-14(24-10-8-23(2)9-11-24)6-7-18-21-13-22-25(18)12-15-16(19)4-3-5-17(15)20/h3-5,13-14H,6-12H2,1-2H3. The number of likely N-dealkylation sites (N-methyl/N-ethyl adjacent to an activating group) is 1. The molecule has 0 amide bonds. The molecule has 0 spiro atoms. The fourth-order valence-electron chi connectivity index (χ4n) is 3.23. The van der Waals surface area contributed by atoms with Crippen molar-refractivity contribution in [2.45, 2.75) is 32.4 Å². The minimum absolute atomic E-state index is 0.306. The van der Waals surface area contributed by atoms with E-state index in [-0.39, 0.29) is 5.82 Å². The molecule has 0 bridgehead atoms. The van der Waals surface area contributed by atoms with E-state index < -0.39 is 0 Å². The molecule has 0 aliphatic carbocycles. The molecule has 0 saturated carbocycles. The van der Waals surface area contributed by atoms with E-state index in [1.54, 1.807) is 16.8 Å². The number of piperazine rings is 1. The summed E-state index contributed by atoms with van der Waals surface area (Å²) in [7, 11) is 2.17. The van der Waals surface area contributed by atoms with Crippen molar-refractivity contribution in [1.82, 2.24) is 24.6 Å². The maximum atomic E-state index is 14.0. The smallest absolute Gasteiger partial charge is 0.138 e. The minimum atomic E-state index is -0.306. The Morgan fingerprint density at radius 3 is 2.72 bits per heavy atom. The van der Waals surface area contributed by atoms with E-state index in [0.717, 1.165) is 44.8 Å². The lowest BCUT2D eigenvalue weighted by Gasteiger charge is -2.36. The summed E-state index contributed by atoms with van der Waals surface area (Å²) in [6.45, 7) is 7.02. The van der Waals surface area contributed by atoms with Gasteiger partial charge in [0.15, 0.2) is 0 Å². The molecule has 1 aliphatic rings. The fraction of sp³-hybridized carbons (Fsp3) is 0.556. The first kappa shape index (κ1) is 18.3. The van der Waals surface area contributed by atoms with Crippen LogP contribution < -0.4 is 0 Å². The van der Waals surface area contributed by atoms with Crippen LogP contribution in [0.1, 0.15) is 24.7 Å². The normalized spacial score (nSPS) is 17.8. The van der Waals surface area contributed by atoms with Gasteiger partial charge < -0.3 is 4.90 Å². The molecule has 3 rings (SSSR count). The van der Waals surface area contributed by atoms with Gasteiger partial charge in [0.2, 0.25) is 0 Å². The van der Waals surface area contributed by atoms with E-state index in [4.69, 9.17) is 11.6 Å². The maximum Gasteiger partial charge on any atom is 0.138 e. The van der Waals surface area contributed by atoms with Crippen molar-refractivity contribution in [3.8, 4) is 0 Å². The van der Waals surface area contributed by atoms with Crippen LogP contribution in [0.2, 0.25) is 5.02 Å². The van der Waals surface area contributed by atoms with Gasteiger partial charge in [0.1, 0.15) is 18.0 Å². The predicted molar refractivity (Wildman–Crippen MR) is 97.4 cm³/mol. The number of halogens is 2. The Kier molecular flexibility index (Phi) is 6.04. The molecule has 1 aliphatic heterocycles. The van der Waals surface area contributed by atoms with E-state index in [1.807, 2.05) is 0 Å². The highest BCUT2D eigenvalue weighted by Gasteiger charge is 2.20. The number of hydrogen-bond acceptors (Lipinski definition) is 4. The van der Waals surface area contributed by atoms with Gasteiger partial charge in [0.25, 0.3) is 0 Å². The largest absolute Gasteiger partial charge is 0.304 e. The highest BCUT2D eigenvalue weighted by atomic mass is 35.5. The van der Waals surface area contributed by atoms with Gasteiger partial charge in [-0.25, -0.2) is 14.1 Å². The van der Waals surface area contributed by atoms with E-state index in [1.165, 1.54) is 12.4 Å². The van der Waals surface area contributed by atoms with E-state index in [0.29, 0.717) is 23.2 Å². The molecular formula is C18H25ClFN5. The Morgan fingerprint density at radius 2 is 2.00 bits per heavy atom. The lowest BCUT2D eigenvalue weighted by atomic mass is 10.1. The zero-order valence-electron chi connectivity index (χ0n) is 14.8. The molecule has 1 fully saturated rings. The van der Waals surface area contributed by atoms with Crippen molar-refractivity contribution >= 4 is 11.6 Å². The lowest BCUT2D eigenvalue weighted by molar-refractivity contribution is 0.114. The summed E-state index contributed by atoms with van der Waals surface area (Å²) < 4.78 is 15.8. The van der Waals surface area contributed by atoms with Crippen LogP contribution in [-0.4, -0.2) is 63.8 Å². The molecular weight excluding hydrogens is 341 g/mol. The molecule has 1 atom stereocenters. The number of nitrogens with zero attached hydrogens (tertiary/aromatic N) is 5. The molecule has 0 radical (unpaired) electrons. The molecule has 1 unspecified atom stereocenters. The summed E-state index contributed by atoms with van der Waals surface area (Å²) in [5.41, 5.74) is 0.461. The summed E-state index contributed by atoms with van der Waals surface area (Å²) in [5, 5.41) is 4.68. The minimum Gasteiger partial charge on any atom is -0.304 e. The molecule has 7 heteroatoms. The number of aromatic nitrogens is 3. The van der Waals surface area contributed by atoms with Crippen molar-refractivity contribution in [2.24, 2.45) is 0 Å². The van der Waals surface area contributed by atoms with Crippen molar-refractivity contribution in [3.05, 3.63) is 46.8 Å². The highest BCUT2D eigenvalue weighted by molar-refractivity contribution is 6.31. The SMILES string of the molecule is CC(CCc1ncnn1Cc1c(F)cccc1Cl)N1CCN(C)CC1. The molecule has 2 aromatic rings. The first-order chi connectivity index (χ1) is 12.0. The van der Waals surface area contributed by atoms with Crippen LogP contribution in [0, 0.1) is 5.82 Å². The van der Waals surface area contributed by atoms with Crippen LogP contribution in [0.4, 0.5) is 4.39 Å². The van der Waals surface area contributed by atoms with Gasteiger partial charge in [0.05, 0.1) is 6.54 Å². The van der Waals surface area contributed by atoms with E-state index in [2.05, 4.69) is 33.9 Å². The third kappa shape index (κ3) is 4.57. The predicted octanol–water partition coefficient (Wildman–Crippen LogP) is 2.69. The van der Waals surface area contributed by atoms with Crippen LogP contribution in [-0.2, 0) is 13.0 Å². The summed E-state index contributed by atoms with van der Waals surface area (Å²) in [4.78, 5) is 9.24. The second-order valence-corrected chi connectivity index (χ2v) is 7.17. The van der Waals surface area contributed by atoms with Crippen LogP contribution in [0.25, 0.3) is 0 Å². The zero-order chi connectivity index (χ0) is 17.8. The first-order valence-corrected chi connectivity index (χ1v) is 9.14. The fourth-order valence-corrected chi connectivity index (χ4v) is 3.45. The summed E-state index contributed by atoms with van der Waals surface area (Å²) in [6.07, 6.45) is 3.36. The van der Waals surface area contributed by atoms with Crippen LogP contribution in [0.15, 0.2) is 24.5 Å². The van der Waals surface area contributed by atoms with E-state index in [9.17, 15) is 4.39 Å². The molecule has 1 aromatic carbocycles. The van der Waals surface area contributed by atoms with Gasteiger partial charge in [-0.3, -0.25) is 4.90 Å². The Labute approximate surface area is 153 Å². The lowest BCUT2D eigenvalue weighted by Crippen LogP contribution is -2.48. The zero-order valence-corrected chi connectivity index (χ0v) is 15.6. The summed E-state index contributed by atoms with van der Waals surface area (Å²) >= 11 is 6.13. The summed E-state index contributed by atoms with van der Waals surface area (Å²) in [5.74, 6) is 0.569. The molecule has 2 heterocycles. The van der Waals surface area contributed by atoms with Crippen LogP contribution >= 0.6 is 11.6 Å². The Balaban J connectivity index is 1.60. The second-order valence-electron chi connectivity index (χ2n) is 6.76. The monoisotopic (exact) mass is 365 g/mol. The molecule has 1 aromatic heterocycles. The number of rotatable bonds is 6. The molecule has 1 saturated heterocycles. The Bertz CT molecular complexity index is 676. The number of benzene rings is 1. The van der Waals surface area contributed by atoms with Gasteiger partial charge >= 0.3 is 0 Å². The number of aryl methyl sites for hydroxylation is 1. The molecule has 136 valence electrons. The molecule has 25 heavy (non-hydrogen) atoms. The first-order valence-electron chi connectivity index (χ1n) is 8.76. The topological polar surface area (TPSA) is 37.2 Å². The van der Waals surface area contributed by atoms with E-state index >= 15 is 0 Å². The van der Waals surface area contributed by atoms with Gasteiger partial charge in [-0.15, -0.1) is 0 Å². The highest BCUT2D eigenvalue weighted by Crippen LogP contribution is 2.20. The van der Waals surface area contributed by atoms with Crippen LogP contribution in [0.3, 0.4) is 0 Å². The molecule has 0 N–H and O–H groups in total. The average Bonchev–Trinajstić information content (AvgIpc) is 3.04. The molecule has 5 nitrogen and oxygen atoms in total. The van der Waals surface area contributed by atoms with Gasteiger partial charge in [0, 0.05) is 49.2 Å². The summed E-state index contributed by atoms with van der Waals surface area (Å²) in [6, 6.07) is 5.23. The van der Waals surface area contributed by atoms with Gasteiger partial charge in [-0.05, 0) is 32.5 Å². The third-order valence-corrected chi connectivity index (χ3v) is 5.37.